The van der Waals surface area contributed by atoms with Crippen molar-refractivity contribution in [2.45, 2.75) is 13.8 Å². The number of nitrogens with zero attached hydrogens (tertiary/aromatic N) is 2. The maximum Gasteiger partial charge on any atom is 0.100 e. The smallest absolute Gasteiger partial charge is 0.100 e. The van der Waals surface area contributed by atoms with E-state index in [0.29, 0.717) is 0 Å². The van der Waals surface area contributed by atoms with Gasteiger partial charge in [-0.15, -0.1) is 0 Å². The van der Waals surface area contributed by atoms with Crippen molar-refractivity contribution in [1.82, 2.24) is 0 Å². The number of hydrogen-bond donors (Lipinski definition) is 0. The molecule has 2 nitrogen and oxygen atoms in total. The van der Waals surface area contributed by atoms with Crippen LogP contribution in [0, 0.1) is 13.8 Å². The molecule has 188 valence electrons. The Balaban J connectivity index is 1.28. The van der Waals surface area contributed by atoms with Gasteiger partial charge in [0, 0.05) is 11.4 Å². The number of benzene rings is 6. The van der Waals surface area contributed by atoms with Gasteiger partial charge in [0.2, 0.25) is 0 Å². The molecule has 1 aliphatic rings. The monoisotopic (exact) mass is 502 g/mol. The van der Waals surface area contributed by atoms with E-state index in [4.69, 9.17) is 0 Å². The fourth-order valence-corrected chi connectivity index (χ4v) is 5.82. The first kappa shape index (κ1) is 23.3. The summed E-state index contributed by atoms with van der Waals surface area (Å²) in [4.78, 5) is 4.86. The van der Waals surface area contributed by atoms with Crippen molar-refractivity contribution in [1.29, 1.82) is 0 Å². The predicted octanol–water partition coefficient (Wildman–Crippen LogP) is 10.0. The molecule has 0 amide bonds. The average molecular weight is 503 g/mol. The zero-order chi connectivity index (χ0) is 26.3. The summed E-state index contributed by atoms with van der Waals surface area (Å²) in [5, 5.41) is 2.52. The molecule has 1 heterocycles. The molecule has 0 aromatic heterocycles. The maximum absolute atomic E-state index is 2.43. The van der Waals surface area contributed by atoms with Gasteiger partial charge in [0.15, 0.2) is 0 Å². The first-order valence-corrected chi connectivity index (χ1v) is 13.6. The molecule has 0 N–H and O–H groups in total. The van der Waals surface area contributed by atoms with Gasteiger partial charge in [0.05, 0.1) is 11.4 Å². The summed E-state index contributed by atoms with van der Waals surface area (Å²) >= 11 is 0. The van der Waals surface area contributed by atoms with E-state index in [1.165, 1.54) is 66.9 Å². The highest BCUT2D eigenvalue weighted by molar-refractivity contribution is 5.98. The topological polar surface area (TPSA) is 6.48 Å². The molecule has 0 saturated heterocycles. The van der Waals surface area contributed by atoms with E-state index < -0.39 is 0 Å². The molecule has 1 aliphatic heterocycles. The molecule has 0 unspecified atom stereocenters. The van der Waals surface area contributed by atoms with Crippen LogP contribution in [0.5, 0.6) is 0 Å². The number of rotatable bonds is 4. The third-order valence-electron chi connectivity index (χ3n) is 7.98. The van der Waals surface area contributed by atoms with E-state index in [2.05, 4.69) is 157 Å². The molecule has 0 atom stereocenters. The lowest BCUT2D eigenvalue weighted by atomic mass is 10.0. The minimum atomic E-state index is 0.763. The second-order valence-electron chi connectivity index (χ2n) is 10.4. The van der Waals surface area contributed by atoms with Crippen molar-refractivity contribution in [2.24, 2.45) is 0 Å². The molecule has 7 rings (SSSR count). The van der Waals surface area contributed by atoms with Crippen LogP contribution >= 0.6 is 0 Å². The van der Waals surface area contributed by atoms with Crippen molar-refractivity contribution in [3.8, 4) is 22.3 Å². The second-order valence-corrected chi connectivity index (χ2v) is 10.4. The molecular weight excluding hydrogens is 472 g/mol. The lowest BCUT2D eigenvalue weighted by Gasteiger charge is -2.22. The lowest BCUT2D eigenvalue weighted by Crippen LogP contribution is -2.23. The highest BCUT2D eigenvalue weighted by Gasteiger charge is 2.28. The van der Waals surface area contributed by atoms with Gasteiger partial charge in [-0.05, 0) is 94.4 Å². The summed E-state index contributed by atoms with van der Waals surface area (Å²) in [5.41, 5.74) is 12.5. The molecule has 0 bridgehead atoms. The van der Waals surface area contributed by atoms with E-state index in [9.17, 15) is 0 Å². The molecule has 2 heteroatoms. The van der Waals surface area contributed by atoms with Crippen LogP contribution < -0.4 is 9.80 Å². The van der Waals surface area contributed by atoms with Gasteiger partial charge in [0.25, 0.3) is 0 Å². The maximum atomic E-state index is 2.43. The van der Waals surface area contributed by atoms with E-state index >= 15 is 0 Å². The SMILES string of the molecule is Cc1ccccc1-c1ccc(N2CN(c3ccc(-c4ccccc4C)cc3)c3cc4ccccc4cc32)cc1. The van der Waals surface area contributed by atoms with E-state index in [1.807, 2.05) is 0 Å². The van der Waals surface area contributed by atoms with Crippen molar-refractivity contribution >= 4 is 33.5 Å². The fraction of sp³-hybridized carbons (Fsp3) is 0.0811. The van der Waals surface area contributed by atoms with Gasteiger partial charge in [-0.3, -0.25) is 0 Å². The molecule has 0 radical (unpaired) electrons. The number of fused-ring (bicyclic) bond motifs is 2. The zero-order valence-electron chi connectivity index (χ0n) is 22.3. The van der Waals surface area contributed by atoms with Gasteiger partial charge in [-0.25, -0.2) is 0 Å². The fourth-order valence-electron chi connectivity index (χ4n) is 5.82. The highest BCUT2D eigenvalue weighted by atomic mass is 15.4. The standard InChI is InChI=1S/C37H30N2/c1-26-9-3-7-13-34(26)28-15-19-32(20-16-28)38-25-39(37-24-31-12-6-5-11-30(31)23-36(37)38)33-21-17-29(18-22-33)35-14-8-4-10-27(35)2/h3-24H,25H2,1-2H3. The summed E-state index contributed by atoms with van der Waals surface area (Å²) in [5.74, 6) is 0. The predicted molar refractivity (Wildman–Crippen MR) is 166 cm³/mol. The van der Waals surface area contributed by atoms with Crippen LogP contribution in [-0.4, -0.2) is 6.67 Å². The Morgan fingerprint density at radius 1 is 0.436 bits per heavy atom. The molecular formula is C37H30N2. The van der Waals surface area contributed by atoms with Gasteiger partial charge in [-0.2, -0.15) is 0 Å². The Labute approximate surface area is 230 Å². The molecule has 39 heavy (non-hydrogen) atoms. The van der Waals surface area contributed by atoms with Crippen molar-refractivity contribution in [3.63, 3.8) is 0 Å². The molecule has 0 saturated carbocycles. The number of aryl methyl sites for hydroxylation is 2. The normalized spacial score (nSPS) is 12.7. The van der Waals surface area contributed by atoms with Crippen LogP contribution in [0.15, 0.2) is 133 Å². The third kappa shape index (κ3) is 4.15. The van der Waals surface area contributed by atoms with Crippen LogP contribution in [0.3, 0.4) is 0 Å². The Hall–Kier alpha value is -4.82. The Kier molecular flexibility index (Phi) is 5.67. The second kappa shape index (κ2) is 9.49. The lowest BCUT2D eigenvalue weighted by molar-refractivity contribution is 0.991. The summed E-state index contributed by atoms with van der Waals surface area (Å²) < 4.78 is 0. The van der Waals surface area contributed by atoms with Gasteiger partial charge in [-0.1, -0.05) is 97.1 Å². The minimum absolute atomic E-state index is 0.763. The Bertz CT molecular complexity index is 1670. The van der Waals surface area contributed by atoms with Crippen LogP contribution in [0.4, 0.5) is 22.7 Å². The quantitative estimate of drug-likeness (QED) is 0.237. The van der Waals surface area contributed by atoms with Gasteiger partial charge in [0.1, 0.15) is 6.67 Å². The van der Waals surface area contributed by atoms with Crippen molar-refractivity contribution < 1.29 is 0 Å². The highest BCUT2D eigenvalue weighted by Crippen LogP contribution is 2.46. The van der Waals surface area contributed by atoms with E-state index in [0.717, 1.165) is 6.67 Å². The molecule has 0 aliphatic carbocycles. The largest absolute Gasteiger partial charge is 0.321 e. The van der Waals surface area contributed by atoms with Crippen LogP contribution in [0.2, 0.25) is 0 Å². The molecule has 0 spiro atoms. The first-order chi connectivity index (χ1) is 19.2. The first-order valence-electron chi connectivity index (χ1n) is 13.6. The van der Waals surface area contributed by atoms with E-state index in [-0.39, 0.29) is 0 Å². The van der Waals surface area contributed by atoms with Crippen molar-refractivity contribution in [3.05, 3.63) is 145 Å². The van der Waals surface area contributed by atoms with Gasteiger partial charge < -0.3 is 9.80 Å². The molecule has 0 fully saturated rings. The number of anilines is 4. The summed E-state index contributed by atoms with van der Waals surface area (Å²) in [6, 6.07) is 48.5. The van der Waals surface area contributed by atoms with Crippen molar-refractivity contribution in [2.75, 3.05) is 16.5 Å². The minimum Gasteiger partial charge on any atom is -0.321 e. The Morgan fingerprint density at radius 3 is 1.23 bits per heavy atom. The third-order valence-corrected chi connectivity index (χ3v) is 7.98. The zero-order valence-corrected chi connectivity index (χ0v) is 22.3. The number of hydrogen-bond acceptors (Lipinski definition) is 2. The Morgan fingerprint density at radius 2 is 0.821 bits per heavy atom. The van der Waals surface area contributed by atoms with Gasteiger partial charge >= 0.3 is 0 Å². The van der Waals surface area contributed by atoms with E-state index in [1.54, 1.807) is 0 Å². The average Bonchev–Trinajstić information content (AvgIpc) is 3.35. The summed E-state index contributed by atoms with van der Waals surface area (Å²) in [6.07, 6.45) is 0. The molecule has 6 aromatic rings. The molecule has 6 aromatic carbocycles. The summed E-state index contributed by atoms with van der Waals surface area (Å²) in [6.45, 7) is 5.11. The summed E-state index contributed by atoms with van der Waals surface area (Å²) in [7, 11) is 0. The van der Waals surface area contributed by atoms with Crippen LogP contribution in [-0.2, 0) is 0 Å². The van der Waals surface area contributed by atoms with Crippen LogP contribution in [0.25, 0.3) is 33.0 Å². The van der Waals surface area contributed by atoms with Crippen LogP contribution in [0.1, 0.15) is 11.1 Å².